The summed E-state index contributed by atoms with van der Waals surface area (Å²) in [6.45, 7) is 9.85. The summed E-state index contributed by atoms with van der Waals surface area (Å²) in [6.07, 6.45) is 2.39. The molecule has 2 saturated heterocycles. The Bertz CT molecular complexity index is 1080. The molecule has 0 unspecified atom stereocenters. The molecule has 0 radical (unpaired) electrons. The van der Waals surface area contributed by atoms with Crippen LogP contribution >= 0.6 is 0 Å². The molecular weight excluding hydrogens is 486 g/mol. The third-order valence-corrected chi connectivity index (χ3v) is 7.40. The number of imidazole rings is 1. The topological polar surface area (TPSA) is 98.2 Å². The van der Waals surface area contributed by atoms with Gasteiger partial charge in [0, 0.05) is 59.0 Å². The number of aromatic nitrogens is 2. The monoisotopic (exact) mass is 529 g/mol. The van der Waals surface area contributed by atoms with Crippen LogP contribution in [0.1, 0.15) is 43.7 Å². The highest BCUT2D eigenvalue weighted by atomic mass is 16.5. The van der Waals surface area contributed by atoms with Gasteiger partial charge in [-0.05, 0) is 37.3 Å². The smallest absolute Gasteiger partial charge is 0.290 e. The van der Waals surface area contributed by atoms with Crippen LogP contribution in [0.3, 0.4) is 0 Å². The Kier molecular flexibility index (Phi) is 9.98. The molecule has 1 N–H and O–H groups in total. The van der Waals surface area contributed by atoms with E-state index in [0.29, 0.717) is 82.6 Å². The number of nitrogens with zero attached hydrogens (tertiary/aromatic N) is 4. The molecular formula is C28H43N5O5. The molecule has 2 aliphatic rings. The molecule has 2 aliphatic heterocycles. The van der Waals surface area contributed by atoms with Crippen molar-refractivity contribution in [3.63, 3.8) is 0 Å². The molecule has 4 rings (SSSR count). The zero-order chi connectivity index (χ0) is 27.1. The summed E-state index contributed by atoms with van der Waals surface area (Å²) < 4.78 is 18.3. The molecule has 2 atom stereocenters. The first kappa shape index (κ1) is 28.3. The number of methoxy groups -OCH3 is 2. The Hall–Kier alpha value is -2.69. The molecule has 1 aromatic heterocycles. The van der Waals surface area contributed by atoms with Gasteiger partial charge in [0.25, 0.3) is 5.91 Å². The second kappa shape index (κ2) is 13.4. The van der Waals surface area contributed by atoms with Crippen molar-refractivity contribution < 1.29 is 23.8 Å². The van der Waals surface area contributed by atoms with E-state index in [2.05, 4.69) is 19.2 Å². The van der Waals surface area contributed by atoms with Crippen molar-refractivity contribution in [2.45, 2.75) is 45.7 Å². The van der Waals surface area contributed by atoms with Gasteiger partial charge in [-0.15, -0.1) is 0 Å². The van der Waals surface area contributed by atoms with Crippen LogP contribution in [0.25, 0.3) is 11.0 Å². The number of hydrogen-bond acceptors (Lipinski definition) is 7. The molecule has 2 aromatic rings. The minimum atomic E-state index is -0.165. The summed E-state index contributed by atoms with van der Waals surface area (Å²) in [6, 6.07) is 5.70. The zero-order valence-electron chi connectivity index (χ0n) is 23.3. The maximum absolute atomic E-state index is 14.3. The summed E-state index contributed by atoms with van der Waals surface area (Å²) in [5, 5.41) is 3.44. The van der Waals surface area contributed by atoms with E-state index in [1.165, 1.54) is 0 Å². The highest BCUT2D eigenvalue weighted by Crippen LogP contribution is 2.28. The van der Waals surface area contributed by atoms with Crippen molar-refractivity contribution in [2.75, 3.05) is 66.8 Å². The van der Waals surface area contributed by atoms with Gasteiger partial charge in [-0.25, -0.2) is 4.98 Å². The van der Waals surface area contributed by atoms with Gasteiger partial charge in [-0.1, -0.05) is 19.9 Å². The summed E-state index contributed by atoms with van der Waals surface area (Å²) in [7, 11) is 3.32. The number of ether oxygens (including phenoxy) is 3. The number of nitrogens with one attached hydrogen (secondary N) is 1. The predicted molar refractivity (Wildman–Crippen MR) is 145 cm³/mol. The molecule has 38 heavy (non-hydrogen) atoms. The van der Waals surface area contributed by atoms with E-state index in [4.69, 9.17) is 19.2 Å². The highest BCUT2D eigenvalue weighted by molar-refractivity contribution is 5.96. The fourth-order valence-corrected chi connectivity index (χ4v) is 5.50. The van der Waals surface area contributed by atoms with Crippen molar-refractivity contribution >= 4 is 22.8 Å². The molecule has 10 heteroatoms. The van der Waals surface area contributed by atoms with Gasteiger partial charge >= 0.3 is 0 Å². The van der Waals surface area contributed by atoms with E-state index >= 15 is 0 Å². The summed E-state index contributed by atoms with van der Waals surface area (Å²) >= 11 is 0. The number of carbonyl (C=O) groups is 2. The molecule has 3 heterocycles. The maximum atomic E-state index is 14.3. The van der Waals surface area contributed by atoms with E-state index in [9.17, 15) is 9.59 Å². The first-order valence-electron chi connectivity index (χ1n) is 13.8. The highest BCUT2D eigenvalue weighted by Gasteiger charge is 2.37. The minimum absolute atomic E-state index is 0.0997. The van der Waals surface area contributed by atoms with E-state index in [-0.39, 0.29) is 29.7 Å². The van der Waals surface area contributed by atoms with Crippen LogP contribution < -0.4 is 10.1 Å². The normalized spacial score (nSPS) is 20.2. The summed E-state index contributed by atoms with van der Waals surface area (Å²) in [5.74, 6) is 1.22. The van der Waals surface area contributed by atoms with Gasteiger partial charge < -0.3 is 33.9 Å². The number of morpholine rings is 1. The molecule has 0 bridgehead atoms. The third-order valence-electron chi connectivity index (χ3n) is 7.40. The summed E-state index contributed by atoms with van der Waals surface area (Å²) in [4.78, 5) is 36.2. The fourth-order valence-electron chi connectivity index (χ4n) is 5.50. The number of fused-ring (bicyclic) bond motifs is 1. The van der Waals surface area contributed by atoms with Gasteiger partial charge in [0.05, 0.1) is 31.8 Å². The van der Waals surface area contributed by atoms with Gasteiger partial charge in [0.1, 0.15) is 11.3 Å². The van der Waals surface area contributed by atoms with Crippen molar-refractivity contribution in [2.24, 2.45) is 11.8 Å². The first-order valence-corrected chi connectivity index (χ1v) is 13.8. The van der Waals surface area contributed by atoms with Gasteiger partial charge in [0.2, 0.25) is 5.91 Å². The molecule has 210 valence electrons. The number of carbonyl (C=O) groups excluding carboxylic acids is 2. The van der Waals surface area contributed by atoms with Crippen molar-refractivity contribution in [1.82, 2.24) is 24.7 Å². The lowest BCUT2D eigenvalue weighted by molar-refractivity contribution is -0.140. The van der Waals surface area contributed by atoms with Crippen LogP contribution in [0.4, 0.5) is 0 Å². The number of para-hydroxylation sites is 1. The first-order chi connectivity index (χ1) is 18.4. The van der Waals surface area contributed by atoms with Crippen LogP contribution in [0.5, 0.6) is 5.75 Å². The zero-order valence-corrected chi connectivity index (χ0v) is 23.3. The Balaban J connectivity index is 1.62. The third kappa shape index (κ3) is 6.47. The Morgan fingerprint density at radius 2 is 1.97 bits per heavy atom. The van der Waals surface area contributed by atoms with E-state index in [1.54, 1.807) is 14.2 Å². The van der Waals surface area contributed by atoms with Crippen LogP contribution in [-0.4, -0.2) is 104 Å². The predicted octanol–water partition coefficient (Wildman–Crippen LogP) is 2.41. The lowest BCUT2D eigenvalue weighted by atomic mass is 9.92. The standard InChI is InChI=1S/C28H43N5O5/c1-20(2)19-33(22-16-21(17-29-18-22)27(34)31-11-14-38-15-12-31)28(35)26-30-25-23(8-7-9-24(25)37-4)32(26)10-5-6-13-36-3/h7-9,20-22,29H,5-6,10-19H2,1-4H3/t21-,22+/m1/s1. The fraction of sp³-hybridized carbons (Fsp3) is 0.679. The Morgan fingerprint density at radius 3 is 2.68 bits per heavy atom. The van der Waals surface area contributed by atoms with Crippen LogP contribution in [0.15, 0.2) is 18.2 Å². The minimum Gasteiger partial charge on any atom is -0.494 e. The molecule has 0 saturated carbocycles. The number of hydrogen-bond donors (Lipinski definition) is 1. The number of rotatable bonds is 11. The SMILES string of the molecule is COCCCCn1c(C(=O)N(CC(C)C)[C@@H]2CNC[C@H](C(=O)N3CCOCC3)C2)nc2c(OC)cccc21. The van der Waals surface area contributed by atoms with Gasteiger partial charge in [0.15, 0.2) is 5.82 Å². The Morgan fingerprint density at radius 1 is 1.18 bits per heavy atom. The average molecular weight is 530 g/mol. The molecule has 2 fully saturated rings. The maximum Gasteiger partial charge on any atom is 0.290 e. The van der Waals surface area contributed by atoms with Crippen LogP contribution in [0, 0.1) is 11.8 Å². The van der Waals surface area contributed by atoms with Gasteiger partial charge in [-0.2, -0.15) is 0 Å². The average Bonchev–Trinajstić information content (AvgIpc) is 3.32. The van der Waals surface area contributed by atoms with Crippen molar-refractivity contribution in [1.29, 1.82) is 0 Å². The molecule has 1 aromatic carbocycles. The number of benzene rings is 1. The van der Waals surface area contributed by atoms with E-state index in [1.807, 2.05) is 32.6 Å². The Labute approximate surface area is 225 Å². The van der Waals surface area contributed by atoms with E-state index < -0.39 is 0 Å². The molecule has 0 spiro atoms. The van der Waals surface area contributed by atoms with Crippen molar-refractivity contribution in [3.8, 4) is 5.75 Å². The quantitative estimate of drug-likeness (QED) is 0.447. The number of piperidine rings is 1. The van der Waals surface area contributed by atoms with Crippen molar-refractivity contribution in [3.05, 3.63) is 24.0 Å². The number of aryl methyl sites for hydroxylation is 1. The molecule has 2 amide bonds. The second-order valence-electron chi connectivity index (χ2n) is 10.6. The van der Waals surface area contributed by atoms with Gasteiger partial charge in [-0.3, -0.25) is 9.59 Å². The van der Waals surface area contributed by atoms with E-state index in [0.717, 1.165) is 18.4 Å². The molecule has 10 nitrogen and oxygen atoms in total. The molecule has 0 aliphatic carbocycles. The van der Waals surface area contributed by atoms with Crippen LogP contribution in [-0.2, 0) is 20.8 Å². The largest absolute Gasteiger partial charge is 0.494 e. The second-order valence-corrected chi connectivity index (χ2v) is 10.6. The number of amides is 2. The lowest BCUT2D eigenvalue weighted by Crippen LogP contribution is -2.56. The summed E-state index contributed by atoms with van der Waals surface area (Å²) in [5.41, 5.74) is 1.58. The number of unbranched alkanes of at least 4 members (excludes halogenated alkanes) is 1. The van der Waals surface area contributed by atoms with Crippen LogP contribution in [0.2, 0.25) is 0 Å². The lowest BCUT2D eigenvalue weighted by Gasteiger charge is -2.40.